The second-order valence-corrected chi connectivity index (χ2v) is 5.50. The summed E-state index contributed by atoms with van der Waals surface area (Å²) >= 11 is 0. The first-order valence-corrected chi connectivity index (χ1v) is 7.81. The number of hydrogen-bond acceptors (Lipinski definition) is 3. The van der Waals surface area contributed by atoms with E-state index in [1.807, 2.05) is 25.1 Å². The predicted molar refractivity (Wildman–Crippen MR) is 88.3 cm³/mol. The van der Waals surface area contributed by atoms with E-state index in [9.17, 15) is 4.79 Å². The van der Waals surface area contributed by atoms with Gasteiger partial charge in [-0.1, -0.05) is 39.2 Å². The van der Waals surface area contributed by atoms with E-state index < -0.39 is 0 Å². The van der Waals surface area contributed by atoms with Crippen LogP contribution < -0.4 is 11.1 Å². The van der Waals surface area contributed by atoms with Crippen molar-refractivity contribution in [2.24, 2.45) is 5.92 Å². The van der Waals surface area contributed by atoms with Gasteiger partial charge in [0.15, 0.2) is 0 Å². The van der Waals surface area contributed by atoms with Gasteiger partial charge >= 0.3 is 0 Å². The van der Waals surface area contributed by atoms with Crippen molar-refractivity contribution in [2.75, 3.05) is 24.3 Å². The summed E-state index contributed by atoms with van der Waals surface area (Å²) in [6.45, 7) is 7.00. The van der Waals surface area contributed by atoms with Gasteiger partial charge in [0, 0.05) is 11.4 Å². The molecule has 0 aromatic heterocycles. The quantitative estimate of drug-likeness (QED) is 0.681. The van der Waals surface area contributed by atoms with E-state index in [2.05, 4.69) is 19.2 Å². The van der Waals surface area contributed by atoms with E-state index in [-0.39, 0.29) is 12.5 Å². The Balaban J connectivity index is 2.35. The molecule has 1 atom stereocenters. The first-order valence-electron chi connectivity index (χ1n) is 7.81. The average molecular weight is 292 g/mol. The first kappa shape index (κ1) is 17.5. The van der Waals surface area contributed by atoms with Crippen LogP contribution in [0.15, 0.2) is 18.2 Å². The first-order chi connectivity index (χ1) is 10.1. The Morgan fingerprint density at radius 1 is 1.38 bits per heavy atom. The monoisotopic (exact) mass is 292 g/mol. The standard InChI is InChI=1S/C17H28N2O2/c1-4-6-8-14(5-2)11-21-12-17(20)19-16-10-7-9-15(18)13(16)3/h7,9-10,14H,4-6,8,11-12,18H2,1-3H3,(H,19,20). The van der Waals surface area contributed by atoms with E-state index >= 15 is 0 Å². The summed E-state index contributed by atoms with van der Waals surface area (Å²) in [7, 11) is 0. The van der Waals surface area contributed by atoms with Crippen LogP contribution in [0.2, 0.25) is 0 Å². The Bertz CT molecular complexity index is 446. The number of amides is 1. The number of carbonyl (C=O) groups is 1. The molecule has 1 aromatic carbocycles. The molecule has 0 spiro atoms. The second kappa shape index (κ2) is 9.40. The topological polar surface area (TPSA) is 64.3 Å². The third-order valence-corrected chi connectivity index (χ3v) is 3.78. The van der Waals surface area contributed by atoms with Crippen molar-refractivity contribution in [3.05, 3.63) is 23.8 Å². The van der Waals surface area contributed by atoms with Crippen LogP contribution in [-0.4, -0.2) is 19.1 Å². The highest BCUT2D eigenvalue weighted by atomic mass is 16.5. The molecule has 1 unspecified atom stereocenters. The normalized spacial score (nSPS) is 12.1. The van der Waals surface area contributed by atoms with Gasteiger partial charge in [-0.3, -0.25) is 4.79 Å². The van der Waals surface area contributed by atoms with Gasteiger partial charge in [0.2, 0.25) is 5.91 Å². The molecule has 0 aliphatic rings. The van der Waals surface area contributed by atoms with Gasteiger partial charge in [0.1, 0.15) is 6.61 Å². The van der Waals surface area contributed by atoms with Crippen LogP contribution in [0.5, 0.6) is 0 Å². The minimum Gasteiger partial charge on any atom is -0.398 e. The van der Waals surface area contributed by atoms with Crippen molar-refractivity contribution in [1.29, 1.82) is 0 Å². The summed E-state index contributed by atoms with van der Waals surface area (Å²) in [4.78, 5) is 11.9. The van der Waals surface area contributed by atoms with Crippen molar-refractivity contribution >= 4 is 17.3 Å². The Morgan fingerprint density at radius 3 is 2.81 bits per heavy atom. The number of nitrogens with one attached hydrogen (secondary N) is 1. The van der Waals surface area contributed by atoms with Crippen molar-refractivity contribution in [3.63, 3.8) is 0 Å². The van der Waals surface area contributed by atoms with Crippen LogP contribution in [0, 0.1) is 12.8 Å². The maximum Gasteiger partial charge on any atom is 0.250 e. The van der Waals surface area contributed by atoms with E-state index in [4.69, 9.17) is 10.5 Å². The molecular formula is C17H28N2O2. The maximum absolute atomic E-state index is 11.9. The molecule has 4 nitrogen and oxygen atoms in total. The van der Waals surface area contributed by atoms with Gasteiger partial charge in [0.25, 0.3) is 0 Å². The SMILES string of the molecule is CCCCC(CC)COCC(=O)Nc1cccc(N)c1C. The van der Waals surface area contributed by atoms with Gasteiger partial charge in [-0.25, -0.2) is 0 Å². The number of nitrogen functional groups attached to an aromatic ring is 1. The van der Waals surface area contributed by atoms with E-state index in [0.29, 0.717) is 18.2 Å². The summed E-state index contributed by atoms with van der Waals surface area (Å²) in [5.41, 5.74) is 8.14. The largest absolute Gasteiger partial charge is 0.398 e. The minimum absolute atomic E-state index is 0.0941. The lowest BCUT2D eigenvalue weighted by Gasteiger charge is -2.15. The summed E-state index contributed by atoms with van der Waals surface area (Å²) in [6, 6.07) is 5.50. The Hall–Kier alpha value is -1.55. The van der Waals surface area contributed by atoms with Gasteiger partial charge in [-0.15, -0.1) is 0 Å². The molecule has 0 saturated carbocycles. The van der Waals surface area contributed by atoms with Gasteiger partial charge in [-0.05, 0) is 37.0 Å². The molecular weight excluding hydrogens is 264 g/mol. The molecule has 0 heterocycles. The number of hydrogen-bond donors (Lipinski definition) is 2. The summed E-state index contributed by atoms with van der Waals surface area (Å²) in [5.74, 6) is 0.418. The van der Waals surface area contributed by atoms with Crippen LogP contribution in [0.4, 0.5) is 11.4 Å². The van der Waals surface area contributed by atoms with Crippen LogP contribution in [0.1, 0.15) is 45.1 Å². The lowest BCUT2D eigenvalue weighted by molar-refractivity contribution is -0.121. The fourth-order valence-corrected chi connectivity index (χ4v) is 2.19. The highest BCUT2D eigenvalue weighted by Gasteiger charge is 2.09. The highest BCUT2D eigenvalue weighted by Crippen LogP contribution is 2.20. The number of nitrogens with two attached hydrogens (primary N) is 1. The molecule has 1 amide bonds. The van der Waals surface area contributed by atoms with Gasteiger partial charge in [-0.2, -0.15) is 0 Å². The fraction of sp³-hybridized carbons (Fsp3) is 0.588. The molecule has 4 heteroatoms. The second-order valence-electron chi connectivity index (χ2n) is 5.50. The third-order valence-electron chi connectivity index (χ3n) is 3.78. The van der Waals surface area contributed by atoms with Crippen LogP contribution in [0.25, 0.3) is 0 Å². The molecule has 118 valence electrons. The number of anilines is 2. The zero-order valence-corrected chi connectivity index (χ0v) is 13.4. The Morgan fingerprint density at radius 2 is 2.14 bits per heavy atom. The molecule has 1 aromatic rings. The lowest BCUT2D eigenvalue weighted by Crippen LogP contribution is -2.21. The Kier molecular flexibility index (Phi) is 7.83. The summed E-state index contributed by atoms with van der Waals surface area (Å²) in [5, 5.41) is 2.84. The molecule has 0 saturated heterocycles. The number of ether oxygens (including phenoxy) is 1. The van der Waals surface area contributed by atoms with E-state index in [1.54, 1.807) is 0 Å². The number of carbonyl (C=O) groups excluding carboxylic acids is 1. The van der Waals surface area contributed by atoms with Crippen molar-refractivity contribution in [1.82, 2.24) is 0 Å². The minimum atomic E-state index is -0.131. The number of unbranched alkanes of at least 4 members (excludes halogenated alkanes) is 1. The van der Waals surface area contributed by atoms with Crippen LogP contribution in [0.3, 0.4) is 0 Å². The smallest absolute Gasteiger partial charge is 0.250 e. The van der Waals surface area contributed by atoms with Crippen molar-refractivity contribution < 1.29 is 9.53 Å². The van der Waals surface area contributed by atoms with E-state index in [1.165, 1.54) is 19.3 Å². The molecule has 0 radical (unpaired) electrons. The zero-order chi connectivity index (χ0) is 15.7. The van der Waals surface area contributed by atoms with Crippen LogP contribution in [-0.2, 0) is 9.53 Å². The predicted octanol–water partition coefficient (Wildman–Crippen LogP) is 3.75. The lowest BCUT2D eigenvalue weighted by atomic mass is 10.0. The fourth-order valence-electron chi connectivity index (χ4n) is 2.19. The molecule has 3 N–H and O–H groups in total. The molecule has 1 rings (SSSR count). The van der Waals surface area contributed by atoms with Gasteiger partial charge in [0.05, 0.1) is 6.61 Å². The average Bonchev–Trinajstić information content (AvgIpc) is 2.47. The highest BCUT2D eigenvalue weighted by molar-refractivity contribution is 5.93. The number of benzene rings is 1. The maximum atomic E-state index is 11.9. The van der Waals surface area contributed by atoms with Crippen LogP contribution >= 0.6 is 0 Å². The summed E-state index contributed by atoms with van der Waals surface area (Å²) < 4.78 is 5.54. The van der Waals surface area contributed by atoms with Crippen molar-refractivity contribution in [3.8, 4) is 0 Å². The third kappa shape index (κ3) is 6.17. The summed E-state index contributed by atoms with van der Waals surface area (Å²) in [6.07, 6.45) is 4.68. The molecule has 0 bridgehead atoms. The van der Waals surface area contributed by atoms with Gasteiger partial charge < -0.3 is 15.8 Å². The van der Waals surface area contributed by atoms with Crippen molar-refractivity contribution in [2.45, 2.75) is 46.5 Å². The molecule has 0 aliphatic carbocycles. The number of rotatable bonds is 9. The molecule has 0 fully saturated rings. The molecule has 0 aliphatic heterocycles. The van der Waals surface area contributed by atoms with E-state index in [0.717, 1.165) is 17.7 Å². The zero-order valence-electron chi connectivity index (χ0n) is 13.4. The Labute approximate surface area is 128 Å². The molecule has 21 heavy (non-hydrogen) atoms.